The molecule has 0 aliphatic carbocycles. The Hall–Kier alpha value is -1.84. The number of allylic oxidation sites excluding steroid dienone is 1. The van der Waals surface area contributed by atoms with E-state index < -0.39 is 0 Å². The summed E-state index contributed by atoms with van der Waals surface area (Å²) in [5.41, 5.74) is 0.287. The van der Waals surface area contributed by atoms with E-state index in [9.17, 15) is 15.3 Å². The van der Waals surface area contributed by atoms with Crippen molar-refractivity contribution in [1.82, 2.24) is 0 Å². The Morgan fingerprint density at radius 3 is 2.50 bits per heavy atom. The molecule has 14 heavy (non-hydrogen) atoms. The summed E-state index contributed by atoms with van der Waals surface area (Å²) in [4.78, 5) is 0. The molecule has 0 atom stereocenters. The highest BCUT2D eigenvalue weighted by Gasteiger charge is 2.16. The van der Waals surface area contributed by atoms with Gasteiger partial charge in [-0.25, -0.2) is 0 Å². The van der Waals surface area contributed by atoms with E-state index in [-0.39, 0.29) is 28.6 Å². The third-order valence-electron chi connectivity index (χ3n) is 1.87. The number of hydrogen-bond donors (Lipinski definition) is 3. The normalized spacial score (nSPS) is 9.79. The van der Waals surface area contributed by atoms with Gasteiger partial charge in [-0.1, -0.05) is 6.08 Å². The first-order chi connectivity index (χ1) is 6.61. The van der Waals surface area contributed by atoms with Crippen molar-refractivity contribution in [3.8, 4) is 23.0 Å². The molecule has 0 aromatic heterocycles. The second-order valence-electron chi connectivity index (χ2n) is 2.77. The van der Waals surface area contributed by atoms with Crippen LogP contribution in [0.1, 0.15) is 5.56 Å². The number of rotatable bonds is 3. The molecule has 0 heterocycles. The Bertz CT molecular complexity index is 358. The fraction of sp³-hybridized carbons (Fsp3) is 0.200. The molecule has 4 nitrogen and oxygen atoms in total. The van der Waals surface area contributed by atoms with Crippen LogP contribution in [0.3, 0.4) is 0 Å². The summed E-state index contributed by atoms with van der Waals surface area (Å²) < 4.78 is 4.77. The van der Waals surface area contributed by atoms with Crippen molar-refractivity contribution in [3.63, 3.8) is 0 Å². The molecule has 1 aromatic rings. The molecule has 0 spiro atoms. The van der Waals surface area contributed by atoms with Crippen LogP contribution in [0.15, 0.2) is 18.7 Å². The lowest BCUT2D eigenvalue weighted by molar-refractivity contribution is 0.337. The predicted octanol–water partition coefficient (Wildman–Crippen LogP) is 1.54. The summed E-state index contributed by atoms with van der Waals surface area (Å²) in [6.45, 7) is 3.49. The summed E-state index contributed by atoms with van der Waals surface area (Å²) in [6, 6.07) is 1.12. The zero-order valence-electron chi connectivity index (χ0n) is 7.82. The van der Waals surface area contributed by atoms with Gasteiger partial charge in [-0.05, 0) is 6.42 Å². The zero-order chi connectivity index (χ0) is 10.7. The molecule has 0 unspecified atom stereocenters. The smallest absolute Gasteiger partial charge is 0.203 e. The number of aromatic hydroxyl groups is 3. The molecule has 0 saturated heterocycles. The van der Waals surface area contributed by atoms with E-state index in [2.05, 4.69) is 6.58 Å². The van der Waals surface area contributed by atoms with Crippen LogP contribution >= 0.6 is 0 Å². The summed E-state index contributed by atoms with van der Waals surface area (Å²) in [6.07, 6.45) is 1.83. The van der Waals surface area contributed by atoms with Crippen LogP contribution in [0, 0.1) is 0 Å². The summed E-state index contributed by atoms with van der Waals surface area (Å²) in [5, 5.41) is 28.3. The lowest BCUT2D eigenvalue weighted by Gasteiger charge is -2.11. The first-order valence-electron chi connectivity index (χ1n) is 4.03. The highest BCUT2D eigenvalue weighted by atomic mass is 16.5. The van der Waals surface area contributed by atoms with Crippen molar-refractivity contribution in [2.75, 3.05) is 7.11 Å². The third kappa shape index (κ3) is 1.59. The molecule has 3 N–H and O–H groups in total. The first kappa shape index (κ1) is 10.2. The van der Waals surface area contributed by atoms with Crippen LogP contribution in [0.25, 0.3) is 0 Å². The molecular formula is C10H12O4. The number of benzene rings is 1. The molecule has 1 aromatic carbocycles. The van der Waals surface area contributed by atoms with Crippen molar-refractivity contribution in [1.29, 1.82) is 0 Å². The van der Waals surface area contributed by atoms with E-state index in [1.54, 1.807) is 0 Å². The van der Waals surface area contributed by atoms with Crippen molar-refractivity contribution < 1.29 is 20.1 Å². The van der Waals surface area contributed by atoms with Crippen molar-refractivity contribution in [2.24, 2.45) is 0 Å². The van der Waals surface area contributed by atoms with Gasteiger partial charge in [0.1, 0.15) is 5.75 Å². The highest BCUT2D eigenvalue weighted by Crippen LogP contribution is 2.43. The molecule has 0 radical (unpaired) electrons. The van der Waals surface area contributed by atoms with Gasteiger partial charge in [-0.15, -0.1) is 6.58 Å². The number of ether oxygens (including phenoxy) is 1. The largest absolute Gasteiger partial charge is 0.507 e. The van der Waals surface area contributed by atoms with E-state index in [1.165, 1.54) is 13.2 Å². The average molecular weight is 196 g/mol. The molecule has 1 rings (SSSR count). The quantitative estimate of drug-likeness (QED) is 0.641. The molecule has 0 bridgehead atoms. The van der Waals surface area contributed by atoms with Gasteiger partial charge in [0.05, 0.1) is 7.11 Å². The minimum absolute atomic E-state index is 0.0420. The maximum absolute atomic E-state index is 9.59. The summed E-state index contributed by atoms with van der Waals surface area (Å²) in [7, 11) is 1.32. The summed E-state index contributed by atoms with van der Waals surface area (Å²) >= 11 is 0. The molecule has 76 valence electrons. The molecule has 0 amide bonds. The Balaban J connectivity index is 3.35. The monoisotopic (exact) mass is 196 g/mol. The van der Waals surface area contributed by atoms with Gasteiger partial charge < -0.3 is 20.1 Å². The SMILES string of the molecule is C=CCc1c(O)cc(O)c(OC)c1O. The number of hydrogen-bond acceptors (Lipinski definition) is 4. The number of phenols is 3. The molecule has 4 heteroatoms. The minimum atomic E-state index is -0.296. The Morgan fingerprint density at radius 2 is 2.00 bits per heavy atom. The molecular weight excluding hydrogens is 184 g/mol. The van der Waals surface area contributed by atoms with Crippen molar-refractivity contribution in [3.05, 3.63) is 24.3 Å². The predicted molar refractivity (Wildman–Crippen MR) is 51.9 cm³/mol. The number of methoxy groups -OCH3 is 1. The standard InChI is InChI=1S/C10H12O4/c1-3-4-6-7(11)5-8(12)10(14-2)9(6)13/h3,5,11-13H,1,4H2,2H3. The van der Waals surface area contributed by atoms with E-state index in [4.69, 9.17) is 4.74 Å². The van der Waals surface area contributed by atoms with Gasteiger partial charge in [0, 0.05) is 11.6 Å². The van der Waals surface area contributed by atoms with Gasteiger partial charge >= 0.3 is 0 Å². The zero-order valence-corrected chi connectivity index (χ0v) is 7.82. The van der Waals surface area contributed by atoms with E-state index in [1.807, 2.05) is 0 Å². The maximum atomic E-state index is 9.59. The topological polar surface area (TPSA) is 69.9 Å². The van der Waals surface area contributed by atoms with E-state index >= 15 is 0 Å². The van der Waals surface area contributed by atoms with Crippen molar-refractivity contribution in [2.45, 2.75) is 6.42 Å². The molecule has 0 fully saturated rings. The fourth-order valence-corrected chi connectivity index (χ4v) is 1.21. The van der Waals surface area contributed by atoms with Gasteiger partial charge in [0.25, 0.3) is 0 Å². The molecule has 0 aliphatic heterocycles. The van der Waals surface area contributed by atoms with E-state index in [0.717, 1.165) is 6.07 Å². The van der Waals surface area contributed by atoms with Gasteiger partial charge in [0.2, 0.25) is 5.75 Å². The lowest BCUT2D eigenvalue weighted by Crippen LogP contribution is -1.90. The van der Waals surface area contributed by atoms with Crippen LogP contribution in [-0.4, -0.2) is 22.4 Å². The third-order valence-corrected chi connectivity index (χ3v) is 1.87. The van der Waals surface area contributed by atoms with Crippen LogP contribution in [0.2, 0.25) is 0 Å². The highest BCUT2D eigenvalue weighted by molar-refractivity contribution is 5.60. The number of phenolic OH excluding ortho intramolecular Hbond substituents is 3. The Kier molecular flexibility index (Phi) is 2.86. The second kappa shape index (κ2) is 3.91. The van der Waals surface area contributed by atoms with Crippen LogP contribution in [0.5, 0.6) is 23.0 Å². The van der Waals surface area contributed by atoms with Gasteiger partial charge in [-0.3, -0.25) is 0 Å². The lowest BCUT2D eigenvalue weighted by atomic mass is 10.1. The first-order valence-corrected chi connectivity index (χ1v) is 4.03. The fourth-order valence-electron chi connectivity index (χ4n) is 1.21. The van der Waals surface area contributed by atoms with Crippen LogP contribution in [0.4, 0.5) is 0 Å². The maximum Gasteiger partial charge on any atom is 0.203 e. The van der Waals surface area contributed by atoms with Crippen LogP contribution in [-0.2, 0) is 6.42 Å². The molecule has 0 aliphatic rings. The van der Waals surface area contributed by atoms with Gasteiger partial charge in [-0.2, -0.15) is 0 Å². The molecule has 0 saturated carbocycles. The van der Waals surface area contributed by atoms with Crippen molar-refractivity contribution >= 4 is 0 Å². The average Bonchev–Trinajstić information content (AvgIpc) is 2.12. The minimum Gasteiger partial charge on any atom is -0.507 e. The Labute approximate surface area is 81.7 Å². The second-order valence-corrected chi connectivity index (χ2v) is 2.77. The van der Waals surface area contributed by atoms with Crippen LogP contribution < -0.4 is 4.74 Å². The Morgan fingerprint density at radius 1 is 1.36 bits per heavy atom. The van der Waals surface area contributed by atoms with E-state index in [0.29, 0.717) is 6.42 Å². The summed E-state index contributed by atoms with van der Waals surface area (Å²) in [5.74, 6) is -0.777. The van der Waals surface area contributed by atoms with Gasteiger partial charge in [0.15, 0.2) is 11.5 Å².